The van der Waals surface area contributed by atoms with Gasteiger partial charge in [-0.1, -0.05) is 29.8 Å². The van der Waals surface area contributed by atoms with Gasteiger partial charge in [-0.15, -0.1) is 11.8 Å². The van der Waals surface area contributed by atoms with Crippen molar-refractivity contribution in [2.75, 3.05) is 6.26 Å². The van der Waals surface area contributed by atoms with E-state index in [2.05, 4.69) is 0 Å². The average molecular weight is 295 g/mol. The lowest BCUT2D eigenvalue weighted by Crippen LogP contribution is -1.92. The Morgan fingerprint density at radius 2 is 1.89 bits per heavy atom. The number of hydrogen-bond acceptors (Lipinski definition) is 3. The molecular formula is C15H15ClO2S. The van der Waals surface area contributed by atoms with Crippen LogP contribution in [-0.2, 0) is 0 Å². The van der Waals surface area contributed by atoms with Crippen LogP contribution in [0.2, 0.25) is 5.02 Å². The molecule has 2 aromatic carbocycles. The quantitative estimate of drug-likeness (QED) is 0.813. The van der Waals surface area contributed by atoms with E-state index in [4.69, 9.17) is 16.3 Å². The van der Waals surface area contributed by atoms with E-state index in [0.29, 0.717) is 10.8 Å². The Labute approximate surface area is 122 Å². The van der Waals surface area contributed by atoms with Crippen molar-refractivity contribution in [3.05, 3.63) is 53.1 Å². The summed E-state index contributed by atoms with van der Waals surface area (Å²) in [7, 11) is 0. The summed E-state index contributed by atoms with van der Waals surface area (Å²) < 4.78 is 5.83. The Balaban J connectivity index is 2.28. The molecule has 0 bridgehead atoms. The molecule has 0 aromatic heterocycles. The van der Waals surface area contributed by atoms with E-state index >= 15 is 0 Å². The number of aliphatic hydroxyl groups is 1. The highest BCUT2D eigenvalue weighted by Crippen LogP contribution is 2.35. The zero-order valence-electron chi connectivity index (χ0n) is 10.8. The van der Waals surface area contributed by atoms with Crippen molar-refractivity contribution in [3.8, 4) is 11.5 Å². The second kappa shape index (κ2) is 6.33. The smallest absolute Gasteiger partial charge is 0.146 e. The number of benzene rings is 2. The molecule has 2 aromatic rings. The molecule has 0 aliphatic rings. The van der Waals surface area contributed by atoms with Gasteiger partial charge in [0, 0.05) is 4.90 Å². The molecule has 0 saturated carbocycles. The van der Waals surface area contributed by atoms with E-state index in [9.17, 15) is 5.11 Å². The predicted octanol–water partition coefficient (Wildman–Crippen LogP) is 4.91. The van der Waals surface area contributed by atoms with Gasteiger partial charge in [-0.25, -0.2) is 0 Å². The van der Waals surface area contributed by atoms with Crippen LogP contribution in [-0.4, -0.2) is 11.4 Å². The molecule has 0 spiro atoms. The van der Waals surface area contributed by atoms with Gasteiger partial charge >= 0.3 is 0 Å². The molecule has 19 heavy (non-hydrogen) atoms. The summed E-state index contributed by atoms with van der Waals surface area (Å²) in [5.41, 5.74) is 0.774. The highest BCUT2D eigenvalue weighted by atomic mass is 35.5. The largest absolute Gasteiger partial charge is 0.455 e. The molecule has 0 heterocycles. The average Bonchev–Trinajstić information content (AvgIpc) is 2.41. The second-order valence-corrected chi connectivity index (χ2v) is 5.37. The molecule has 100 valence electrons. The lowest BCUT2D eigenvalue weighted by Gasteiger charge is -2.12. The van der Waals surface area contributed by atoms with Crippen LogP contribution in [0.4, 0.5) is 0 Å². The van der Waals surface area contributed by atoms with Crippen molar-refractivity contribution in [1.82, 2.24) is 0 Å². The van der Waals surface area contributed by atoms with Crippen LogP contribution in [0.1, 0.15) is 18.6 Å². The van der Waals surface area contributed by atoms with Crippen LogP contribution in [0.5, 0.6) is 11.5 Å². The zero-order valence-corrected chi connectivity index (χ0v) is 12.3. The number of halogens is 1. The number of aliphatic hydroxyl groups excluding tert-OH is 1. The monoisotopic (exact) mass is 294 g/mol. The highest BCUT2D eigenvalue weighted by molar-refractivity contribution is 7.98. The third kappa shape index (κ3) is 3.44. The molecular weight excluding hydrogens is 280 g/mol. The summed E-state index contributed by atoms with van der Waals surface area (Å²) in [5, 5.41) is 10.0. The molecule has 2 nitrogen and oxygen atoms in total. The number of ether oxygens (including phenoxy) is 1. The van der Waals surface area contributed by atoms with Gasteiger partial charge in [-0.3, -0.25) is 0 Å². The molecule has 0 aliphatic carbocycles. The molecule has 0 radical (unpaired) electrons. The molecule has 0 fully saturated rings. The molecule has 0 saturated heterocycles. The van der Waals surface area contributed by atoms with E-state index in [-0.39, 0.29) is 0 Å². The SMILES string of the molecule is CSc1ccccc1Oc1ccc(C(C)O)cc1Cl. The molecule has 0 aliphatic heterocycles. The number of para-hydroxylation sites is 1. The summed E-state index contributed by atoms with van der Waals surface area (Å²) in [6.45, 7) is 1.70. The number of hydrogen-bond donors (Lipinski definition) is 1. The Hall–Kier alpha value is -1.16. The third-order valence-corrected chi connectivity index (χ3v) is 3.80. The van der Waals surface area contributed by atoms with Crippen molar-refractivity contribution in [1.29, 1.82) is 0 Å². The Morgan fingerprint density at radius 1 is 1.16 bits per heavy atom. The van der Waals surface area contributed by atoms with E-state index < -0.39 is 6.10 Å². The summed E-state index contributed by atoms with van der Waals surface area (Å²) in [4.78, 5) is 1.05. The fourth-order valence-electron chi connectivity index (χ4n) is 1.68. The first-order chi connectivity index (χ1) is 9.11. The van der Waals surface area contributed by atoms with Crippen LogP contribution in [0.3, 0.4) is 0 Å². The first-order valence-corrected chi connectivity index (χ1v) is 7.50. The van der Waals surface area contributed by atoms with Gasteiger partial charge in [0.2, 0.25) is 0 Å². The normalized spacial score (nSPS) is 12.2. The molecule has 0 amide bonds. The maximum absolute atomic E-state index is 9.51. The highest BCUT2D eigenvalue weighted by Gasteiger charge is 2.09. The van der Waals surface area contributed by atoms with Crippen molar-refractivity contribution < 1.29 is 9.84 Å². The van der Waals surface area contributed by atoms with Gasteiger partial charge in [0.25, 0.3) is 0 Å². The van der Waals surface area contributed by atoms with E-state index in [1.54, 1.807) is 30.8 Å². The minimum absolute atomic E-state index is 0.495. The fourth-order valence-corrected chi connectivity index (χ4v) is 2.43. The van der Waals surface area contributed by atoms with Crippen molar-refractivity contribution >= 4 is 23.4 Å². The van der Waals surface area contributed by atoms with E-state index in [1.807, 2.05) is 36.6 Å². The van der Waals surface area contributed by atoms with E-state index in [0.717, 1.165) is 16.2 Å². The second-order valence-electron chi connectivity index (χ2n) is 4.12. The summed E-state index contributed by atoms with van der Waals surface area (Å²) in [6.07, 6.45) is 1.46. The minimum atomic E-state index is -0.537. The fraction of sp³-hybridized carbons (Fsp3) is 0.200. The van der Waals surface area contributed by atoms with Gasteiger partial charge < -0.3 is 9.84 Å². The van der Waals surface area contributed by atoms with Gasteiger partial charge in [0.05, 0.1) is 11.1 Å². The lowest BCUT2D eigenvalue weighted by atomic mass is 10.1. The Morgan fingerprint density at radius 3 is 2.53 bits per heavy atom. The standard InChI is InChI=1S/C15H15ClO2S/c1-10(17)11-7-8-13(12(16)9-11)18-14-5-3-4-6-15(14)19-2/h3-10,17H,1-2H3. The predicted molar refractivity (Wildman–Crippen MR) is 80.4 cm³/mol. The molecule has 1 atom stereocenters. The summed E-state index contributed by atoms with van der Waals surface area (Å²) >= 11 is 7.80. The number of rotatable bonds is 4. The first-order valence-electron chi connectivity index (χ1n) is 5.90. The van der Waals surface area contributed by atoms with Crippen LogP contribution >= 0.6 is 23.4 Å². The maximum atomic E-state index is 9.51. The topological polar surface area (TPSA) is 29.5 Å². The van der Waals surface area contributed by atoms with Crippen LogP contribution < -0.4 is 4.74 Å². The first kappa shape index (κ1) is 14.3. The van der Waals surface area contributed by atoms with E-state index in [1.165, 1.54) is 0 Å². The third-order valence-electron chi connectivity index (χ3n) is 2.73. The zero-order chi connectivity index (χ0) is 13.8. The summed E-state index contributed by atoms with van der Waals surface area (Å²) in [6, 6.07) is 13.1. The molecule has 1 unspecified atom stereocenters. The van der Waals surface area contributed by atoms with Crippen molar-refractivity contribution in [3.63, 3.8) is 0 Å². The van der Waals surface area contributed by atoms with Crippen molar-refractivity contribution in [2.24, 2.45) is 0 Å². The van der Waals surface area contributed by atoms with Crippen molar-refractivity contribution in [2.45, 2.75) is 17.9 Å². The van der Waals surface area contributed by atoms with Gasteiger partial charge in [-0.05, 0) is 43.0 Å². The minimum Gasteiger partial charge on any atom is -0.455 e. The maximum Gasteiger partial charge on any atom is 0.146 e. The molecule has 1 N–H and O–H groups in total. The van der Waals surface area contributed by atoms with Gasteiger partial charge in [0.1, 0.15) is 11.5 Å². The molecule has 4 heteroatoms. The number of thioether (sulfide) groups is 1. The van der Waals surface area contributed by atoms with Gasteiger partial charge in [0.15, 0.2) is 0 Å². The van der Waals surface area contributed by atoms with Gasteiger partial charge in [-0.2, -0.15) is 0 Å². The van der Waals surface area contributed by atoms with Crippen LogP contribution in [0.25, 0.3) is 0 Å². The Kier molecular flexibility index (Phi) is 4.75. The Bertz CT molecular complexity index is 570. The summed E-state index contributed by atoms with van der Waals surface area (Å²) in [5.74, 6) is 1.37. The van der Waals surface area contributed by atoms with Crippen LogP contribution in [0, 0.1) is 0 Å². The lowest BCUT2D eigenvalue weighted by molar-refractivity contribution is 0.199. The van der Waals surface area contributed by atoms with Crippen LogP contribution in [0.15, 0.2) is 47.4 Å². The molecule has 2 rings (SSSR count).